The number of aliphatic hydroxyl groups is 2. The first-order chi connectivity index (χ1) is 8.95. The highest BCUT2D eigenvalue weighted by molar-refractivity contribution is 5.72. The quantitative estimate of drug-likeness (QED) is 0.656. The van der Waals surface area contributed by atoms with Gasteiger partial charge in [0, 0.05) is 12.8 Å². The number of hydrogen-bond acceptors (Lipinski definition) is 4. The van der Waals surface area contributed by atoms with Gasteiger partial charge >= 0.3 is 6.09 Å². The summed E-state index contributed by atoms with van der Waals surface area (Å²) >= 11 is 0. The number of carbonyl (C=O) groups excluding carboxylic acids is 1. The van der Waals surface area contributed by atoms with Gasteiger partial charge in [-0.3, -0.25) is 4.90 Å². The lowest BCUT2D eigenvalue weighted by molar-refractivity contribution is -0.793. The Kier molecular flexibility index (Phi) is 3.36. The predicted molar refractivity (Wildman–Crippen MR) is 72.9 cm³/mol. The molecule has 2 aliphatic rings. The van der Waals surface area contributed by atoms with Crippen LogP contribution in [0.5, 0.6) is 0 Å². The third-order valence-electron chi connectivity index (χ3n) is 4.48. The molecule has 1 atom stereocenters. The molecule has 0 saturated carbocycles. The van der Waals surface area contributed by atoms with Crippen molar-refractivity contribution in [1.82, 2.24) is 4.90 Å². The van der Waals surface area contributed by atoms with Crippen LogP contribution in [0.2, 0.25) is 0 Å². The minimum Gasteiger partial charge on any atom is -0.437 e. The molecule has 0 aliphatic carbocycles. The average Bonchev–Trinajstić information content (AvgIpc) is 2.34. The maximum absolute atomic E-state index is 12.1. The molecular weight excluding hydrogens is 260 g/mol. The van der Waals surface area contributed by atoms with Crippen LogP contribution >= 0.6 is 0 Å². The molecular formula is C14H27N2O4+. The molecule has 2 saturated heterocycles. The van der Waals surface area contributed by atoms with Crippen molar-refractivity contribution in [3.8, 4) is 0 Å². The Balaban J connectivity index is 2.41. The molecule has 2 rings (SSSR count). The highest BCUT2D eigenvalue weighted by Gasteiger charge is 2.68. The largest absolute Gasteiger partial charge is 0.437 e. The molecule has 1 unspecified atom stereocenters. The lowest BCUT2D eigenvalue weighted by Crippen LogP contribution is -3.07. The van der Waals surface area contributed by atoms with Crippen LogP contribution in [-0.4, -0.2) is 56.8 Å². The van der Waals surface area contributed by atoms with Gasteiger partial charge in [-0.05, 0) is 34.6 Å². The number of hydrogen-bond donors (Lipinski definition) is 3. The molecule has 0 aromatic heterocycles. The molecule has 2 heterocycles. The molecule has 0 bridgehead atoms. The molecule has 0 aromatic carbocycles. The van der Waals surface area contributed by atoms with Gasteiger partial charge in [0.2, 0.25) is 0 Å². The zero-order valence-electron chi connectivity index (χ0n) is 13.1. The van der Waals surface area contributed by atoms with Gasteiger partial charge in [0.1, 0.15) is 0 Å². The number of piperidine rings is 1. The van der Waals surface area contributed by atoms with Crippen molar-refractivity contribution in [1.29, 1.82) is 0 Å². The standard InChI is InChI=1S/C14H26N2O4/c1-11(2)8-14(9-12(3,4)15-11)13(5,19)16(6-7-17)10(18)20-14/h15,17,19H,6-9H2,1-5H3/p+1. The Bertz CT molecular complexity index is 401. The van der Waals surface area contributed by atoms with Crippen LogP contribution in [-0.2, 0) is 4.74 Å². The Morgan fingerprint density at radius 2 is 1.70 bits per heavy atom. The lowest BCUT2D eigenvalue weighted by atomic mass is 9.68. The van der Waals surface area contributed by atoms with E-state index in [1.165, 1.54) is 4.90 Å². The number of carbonyl (C=O) groups is 1. The van der Waals surface area contributed by atoms with E-state index in [1.54, 1.807) is 6.92 Å². The van der Waals surface area contributed by atoms with Crippen molar-refractivity contribution in [3.05, 3.63) is 0 Å². The minimum absolute atomic E-state index is 0.0815. The Morgan fingerprint density at radius 3 is 2.15 bits per heavy atom. The molecule has 116 valence electrons. The zero-order chi connectivity index (χ0) is 15.4. The second-order valence-electron chi connectivity index (χ2n) is 7.73. The fourth-order valence-electron chi connectivity index (χ4n) is 4.25. The van der Waals surface area contributed by atoms with E-state index in [-0.39, 0.29) is 24.2 Å². The van der Waals surface area contributed by atoms with E-state index in [0.717, 1.165) is 0 Å². The second-order valence-corrected chi connectivity index (χ2v) is 7.73. The number of ether oxygens (including phenoxy) is 1. The lowest BCUT2D eigenvalue weighted by Gasteiger charge is -2.51. The molecule has 6 heteroatoms. The molecule has 2 fully saturated rings. The summed E-state index contributed by atoms with van der Waals surface area (Å²) in [5.74, 6) is 0. The molecule has 1 amide bonds. The van der Waals surface area contributed by atoms with Crippen LogP contribution in [0.4, 0.5) is 4.79 Å². The van der Waals surface area contributed by atoms with E-state index in [9.17, 15) is 9.90 Å². The summed E-state index contributed by atoms with van der Waals surface area (Å²) in [4.78, 5) is 13.3. The van der Waals surface area contributed by atoms with Crippen LogP contribution in [0, 0.1) is 0 Å². The fourth-order valence-corrected chi connectivity index (χ4v) is 4.25. The Hall–Kier alpha value is -0.850. The monoisotopic (exact) mass is 287 g/mol. The smallest absolute Gasteiger partial charge is 0.412 e. The van der Waals surface area contributed by atoms with Gasteiger partial charge in [-0.2, -0.15) is 0 Å². The Labute approximate surface area is 120 Å². The summed E-state index contributed by atoms with van der Waals surface area (Å²) in [7, 11) is 0. The Morgan fingerprint density at radius 1 is 1.20 bits per heavy atom. The summed E-state index contributed by atoms with van der Waals surface area (Å²) in [6.45, 7) is 9.87. The number of nitrogens with zero attached hydrogens (tertiary/aromatic N) is 1. The van der Waals surface area contributed by atoms with Crippen LogP contribution in [0.3, 0.4) is 0 Å². The van der Waals surface area contributed by atoms with Crippen molar-refractivity contribution in [2.45, 2.75) is 69.9 Å². The summed E-state index contributed by atoms with van der Waals surface area (Å²) in [6, 6.07) is 0. The van der Waals surface area contributed by atoms with Crippen molar-refractivity contribution >= 4 is 6.09 Å². The first-order valence-electron chi connectivity index (χ1n) is 7.16. The number of aliphatic hydroxyl groups excluding tert-OH is 1. The maximum Gasteiger partial charge on any atom is 0.412 e. The van der Waals surface area contributed by atoms with Gasteiger partial charge in [0.05, 0.1) is 24.2 Å². The van der Waals surface area contributed by atoms with E-state index in [2.05, 4.69) is 33.0 Å². The van der Waals surface area contributed by atoms with Crippen molar-refractivity contribution in [2.75, 3.05) is 13.2 Å². The van der Waals surface area contributed by atoms with Crippen molar-refractivity contribution in [3.63, 3.8) is 0 Å². The zero-order valence-corrected chi connectivity index (χ0v) is 13.1. The molecule has 1 spiro atoms. The predicted octanol–water partition coefficient (Wildman–Crippen LogP) is -0.207. The molecule has 4 N–H and O–H groups in total. The molecule has 0 radical (unpaired) electrons. The fraction of sp³-hybridized carbons (Fsp3) is 0.929. The van der Waals surface area contributed by atoms with E-state index in [0.29, 0.717) is 12.8 Å². The van der Waals surface area contributed by atoms with Gasteiger partial charge in [0.25, 0.3) is 0 Å². The second kappa shape index (κ2) is 4.32. The topological polar surface area (TPSA) is 86.6 Å². The van der Waals surface area contributed by atoms with Gasteiger partial charge in [-0.25, -0.2) is 4.79 Å². The van der Waals surface area contributed by atoms with Gasteiger partial charge in [-0.15, -0.1) is 0 Å². The van der Waals surface area contributed by atoms with E-state index in [4.69, 9.17) is 9.84 Å². The number of amides is 1. The van der Waals surface area contributed by atoms with Crippen molar-refractivity contribution in [2.24, 2.45) is 0 Å². The average molecular weight is 287 g/mol. The van der Waals surface area contributed by atoms with Crippen LogP contribution in [0.25, 0.3) is 0 Å². The number of rotatable bonds is 2. The van der Waals surface area contributed by atoms with E-state index >= 15 is 0 Å². The van der Waals surface area contributed by atoms with Gasteiger partial charge in [0.15, 0.2) is 11.3 Å². The third kappa shape index (κ3) is 2.29. The highest BCUT2D eigenvalue weighted by Crippen LogP contribution is 2.47. The van der Waals surface area contributed by atoms with Crippen LogP contribution in [0.1, 0.15) is 47.5 Å². The first kappa shape index (κ1) is 15.5. The summed E-state index contributed by atoms with van der Waals surface area (Å²) in [5, 5.41) is 22.3. The van der Waals surface area contributed by atoms with Crippen LogP contribution in [0.15, 0.2) is 0 Å². The maximum atomic E-state index is 12.1. The van der Waals surface area contributed by atoms with Gasteiger partial charge in [-0.1, -0.05) is 0 Å². The summed E-state index contributed by atoms with van der Waals surface area (Å²) < 4.78 is 5.65. The van der Waals surface area contributed by atoms with Gasteiger partial charge < -0.3 is 20.3 Å². The normalized spacial score (nSPS) is 34.4. The van der Waals surface area contributed by atoms with E-state index < -0.39 is 17.4 Å². The van der Waals surface area contributed by atoms with Crippen molar-refractivity contribution < 1.29 is 25.1 Å². The SMILES string of the molecule is CC1(C)CC2(CC(C)(C)[NH2+]1)OC(=O)N(CCO)C2(C)O. The number of quaternary nitrogens is 1. The van der Waals surface area contributed by atoms with E-state index in [1.807, 2.05) is 0 Å². The number of β-amino-alcohol motifs (C(OH)–C–C–N with tert-alkyl or cyclic N) is 1. The molecule has 0 aromatic rings. The molecule has 2 aliphatic heterocycles. The summed E-state index contributed by atoms with van der Waals surface area (Å²) in [5.41, 5.74) is -2.61. The molecule has 6 nitrogen and oxygen atoms in total. The first-order valence-corrected chi connectivity index (χ1v) is 7.16. The van der Waals surface area contributed by atoms with Crippen LogP contribution < -0.4 is 5.32 Å². The minimum atomic E-state index is -1.41. The number of nitrogens with two attached hydrogens (primary N) is 1. The summed E-state index contributed by atoms with van der Waals surface area (Å²) in [6.07, 6.45) is 0.603. The highest BCUT2D eigenvalue weighted by atomic mass is 16.6. The molecule has 20 heavy (non-hydrogen) atoms. The third-order valence-corrected chi connectivity index (χ3v) is 4.48.